The van der Waals surface area contributed by atoms with Crippen molar-refractivity contribution >= 4 is 16.9 Å². The maximum atomic E-state index is 12.9. The van der Waals surface area contributed by atoms with E-state index in [1.807, 2.05) is 6.92 Å². The summed E-state index contributed by atoms with van der Waals surface area (Å²) in [6.45, 7) is 2.63. The van der Waals surface area contributed by atoms with Crippen molar-refractivity contribution in [3.8, 4) is 0 Å². The molecule has 3 heterocycles. The van der Waals surface area contributed by atoms with E-state index in [-0.39, 0.29) is 18.1 Å². The van der Waals surface area contributed by atoms with E-state index >= 15 is 0 Å². The molecule has 0 fully saturated rings. The molecule has 8 nitrogen and oxygen atoms in total. The molecule has 0 atom stereocenters. The van der Waals surface area contributed by atoms with E-state index in [0.717, 1.165) is 44.3 Å². The predicted molar refractivity (Wildman–Crippen MR) is 106 cm³/mol. The summed E-state index contributed by atoms with van der Waals surface area (Å²) in [4.78, 5) is 34.2. The molecule has 0 aliphatic carbocycles. The van der Waals surface area contributed by atoms with Gasteiger partial charge in [0.2, 0.25) is 0 Å². The Kier molecular flexibility index (Phi) is 5.69. The largest absolute Gasteiger partial charge is 0.452 e. The molecule has 2 aromatic heterocycles. The first kappa shape index (κ1) is 19.3. The first-order chi connectivity index (χ1) is 14.2. The van der Waals surface area contributed by atoms with E-state index in [1.165, 1.54) is 0 Å². The molecule has 29 heavy (non-hydrogen) atoms. The monoisotopic (exact) mass is 396 g/mol. The van der Waals surface area contributed by atoms with Crippen molar-refractivity contribution in [3.63, 3.8) is 0 Å². The number of hydrogen-bond donors (Lipinski definition) is 0. The van der Waals surface area contributed by atoms with Crippen molar-refractivity contribution in [1.82, 2.24) is 19.7 Å². The Morgan fingerprint density at radius 3 is 2.93 bits per heavy atom. The Morgan fingerprint density at radius 1 is 1.21 bits per heavy atom. The van der Waals surface area contributed by atoms with Gasteiger partial charge in [0, 0.05) is 19.4 Å². The minimum Gasteiger partial charge on any atom is -0.452 e. The number of fused-ring (bicyclic) bond motifs is 2. The van der Waals surface area contributed by atoms with E-state index in [2.05, 4.69) is 15.1 Å². The van der Waals surface area contributed by atoms with Gasteiger partial charge in [-0.15, -0.1) is 0 Å². The molecule has 0 spiro atoms. The molecule has 8 heteroatoms. The minimum atomic E-state index is -0.518. The van der Waals surface area contributed by atoms with E-state index in [9.17, 15) is 9.59 Å². The average molecular weight is 396 g/mol. The second-order valence-electron chi connectivity index (χ2n) is 7.31. The molecular formula is C21H24N4O4. The zero-order chi connectivity index (χ0) is 20.2. The number of aromatic nitrogens is 4. The maximum absolute atomic E-state index is 12.9. The van der Waals surface area contributed by atoms with Crippen LogP contribution >= 0.6 is 0 Å². The summed E-state index contributed by atoms with van der Waals surface area (Å²) < 4.78 is 12.1. The Labute approximate surface area is 167 Å². The van der Waals surface area contributed by atoms with Crippen molar-refractivity contribution in [2.24, 2.45) is 0 Å². The predicted octanol–water partition coefficient (Wildman–Crippen LogP) is 3.21. The van der Waals surface area contributed by atoms with Crippen molar-refractivity contribution in [2.75, 3.05) is 0 Å². The Hall–Kier alpha value is -3.03. The first-order valence-electron chi connectivity index (χ1n) is 10.2. The molecule has 1 aromatic carbocycles. The van der Waals surface area contributed by atoms with Crippen LogP contribution in [0, 0.1) is 0 Å². The topological polar surface area (TPSA) is 100 Å². The number of hydrogen-bond acceptors (Lipinski definition) is 7. The fourth-order valence-electron chi connectivity index (χ4n) is 3.61. The number of ether oxygens (including phenoxy) is 1. The van der Waals surface area contributed by atoms with E-state index in [0.29, 0.717) is 35.3 Å². The zero-order valence-electron chi connectivity index (χ0n) is 16.5. The second kappa shape index (κ2) is 8.55. The molecule has 1 aliphatic rings. The number of carbonyl (C=O) groups is 1. The summed E-state index contributed by atoms with van der Waals surface area (Å²) >= 11 is 0. The second-order valence-corrected chi connectivity index (χ2v) is 7.31. The number of nitrogens with zero attached hydrogens (tertiary/aromatic N) is 4. The smallest absolute Gasteiger partial charge is 0.338 e. The number of benzene rings is 1. The summed E-state index contributed by atoms with van der Waals surface area (Å²) in [6, 6.07) is 4.87. The lowest BCUT2D eigenvalue weighted by Crippen LogP contribution is -2.26. The van der Waals surface area contributed by atoms with Crippen molar-refractivity contribution in [1.29, 1.82) is 0 Å². The lowest BCUT2D eigenvalue weighted by molar-refractivity contribution is 0.0430. The maximum Gasteiger partial charge on any atom is 0.338 e. The third-order valence-electron chi connectivity index (χ3n) is 5.11. The molecule has 3 aromatic rings. The molecule has 0 amide bonds. The molecule has 0 saturated carbocycles. The first-order valence-corrected chi connectivity index (χ1v) is 10.2. The summed E-state index contributed by atoms with van der Waals surface area (Å²) in [5.74, 6) is 1.14. The number of carbonyl (C=O) groups excluding carboxylic acids is 1. The molecule has 152 valence electrons. The highest BCUT2D eigenvalue weighted by Crippen LogP contribution is 2.17. The summed E-state index contributed by atoms with van der Waals surface area (Å²) in [7, 11) is 0. The molecule has 0 radical (unpaired) electrons. The number of esters is 1. The van der Waals surface area contributed by atoms with Gasteiger partial charge < -0.3 is 9.26 Å². The summed E-state index contributed by atoms with van der Waals surface area (Å²) in [5, 5.41) is 4.36. The summed E-state index contributed by atoms with van der Waals surface area (Å²) in [5.41, 5.74) is 0.828. The highest BCUT2D eigenvalue weighted by Gasteiger charge is 2.16. The fourth-order valence-corrected chi connectivity index (χ4v) is 3.61. The quantitative estimate of drug-likeness (QED) is 0.611. The van der Waals surface area contributed by atoms with Crippen LogP contribution in [0.25, 0.3) is 10.9 Å². The SMILES string of the molecule is CCCc1noc(COC(=O)c2ccc3c(=O)n4c(nc3c2)CCCCCC4)n1. The third-order valence-corrected chi connectivity index (χ3v) is 5.11. The van der Waals surface area contributed by atoms with Gasteiger partial charge in [-0.3, -0.25) is 9.36 Å². The standard InChI is InChI=1S/C21H24N4O4/c1-2-7-17-23-19(29-24-17)13-28-21(27)14-9-10-15-16(12-14)22-18-8-5-3-4-6-11-25(18)20(15)26/h9-10,12H,2-8,11,13H2,1H3. The molecule has 4 rings (SSSR count). The van der Waals surface area contributed by atoms with Gasteiger partial charge in [-0.1, -0.05) is 24.9 Å². The van der Waals surface area contributed by atoms with Crippen LogP contribution in [0.2, 0.25) is 0 Å². The van der Waals surface area contributed by atoms with Gasteiger partial charge in [0.1, 0.15) is 5.82 Å². The summed E-state index contributed by atoms with van der Waals surface area (Å²) in [6.07, 6.45) is 6.69. The van der Waals surface area contributed by atoms with Gasteiger partial charge >= 0.3 is 5.97 Å². The van der Waals surface area contributed by atoms with Crippen molar-refractivity contribution < 1.29 is 14.1 Å². The van der Waals surface area contributed by atoms with E-state index < -0.39 is 5.97 Å². The zero-order valence-corrected chi connectivity index (χ0v) is 16.5. The van der Waals surface area contributed by atoms with Crippen LogP contribution in [0.3, 0.4) is 0 Å². The number of rotatable bonds is 5. The van der Waals surface area contributed by atoms with Crippen LogP contribution in [-0.4, -0.2) is 25.7 Å². The molecule has 0 saturated heterocycles. The van der Waals surface area contributed by atoms with Gasteiger partial charge in [-0.05, 0) is 37.5 Å². The van der Waals surface area contributed by atoms with Crippen LogP contribution in [-0.2, 0) is 30.7 Å². The fraction of sp³-hybridized carbons (Fsp3) is 0.476. The average Bonchev–Trinajstić information content (AvgIpc) is 3.15. The molecule has 1 aliphatic heterocycles. The minimum absolute atomic E-state index is 0.0406. The molecular weight excluding hydrogens is 372 g/mol. The van der Waals surface area contributed by atoms with Gasteiger partial charge in [0.15, 0.2) is 12.4 Å². The van der Waals surface area contributed by atoms with Crippen molar-refractivity contribution in [3.05, 3.63) is 51.7 Å². The molecule has 0 unspecified atom stereocenters. The highest BCUT2D eigenvalue weighted by atomic mass is 16.6. The molecule has 0 N–H and O–H groups in total. The van der Waals surface area contributed by atoms with Gasteiger partial charge in [0.05, 0.1) is 16.5 Å². The highest BCUT2D eigenvalue weighted by molar-refractivity contribution is 5.94. The molecule has 0 bridgehead atoms. The van der Waals surface area contributed by atoms with Crippen LogP contribution in [0.5, 0.6) is 0 Å². The van der Waals surface area contributed by atoms with Crippen LogP contribution in [0.4, 0.5) is 0 Å². The van der Waals surface area contributed by atoms with Gasteiger partial charge in [0.25, 0.3) is 11.4 Å². The third kappa shape index (κ3) is 4.21. The van der Waals surface area contributed by atoms with E-state index in [4.69, 9.17) is 9.26 Å². The Bertz CT molecular complexity index is 1090. The van der Waals surface area contributed by atoms with E-state index in [1.54, 1.807) is 22.8 Å². The van der Waals surface area contributed by atoms with Crippen LogP contribution in [0.1, 0.15) is 66.9 Å². The lowest BCUT2D eigenvalue weighted by atomic mass is 10.1. The van der Waals surface area contributed by atoms with Crippen molar-refractivity contribution in [2.45, 2.75) is 65.0 Å². The van der Waals surface area contributed by atoms with Crippen LogP contribution in [0.15, 0.2) is 27.5 Å². The van der Waals surface area contributed by atoms with Gasteiger partial charge in [-0.25, -0.2) is 9.78 Å². The lowest BCUT2D eigenvalue weighted by Gasteiger charge is -2.16. The Balaban J connectivity index is 1.55. The van der Waals surface area contributed by atoms with Crippen LogP contribution < -0.4 is 5.56 Å². The Morgan fingerprint density at radius 2 is 2.07 bits per heavy atom. The normalized spacial score (nSPS) is 14.2. The number of aryl methyl sites for hydroxylation is 2. The van der Waals surface area contributed by atoms with Gasteiger partial charge in [-0.2, -0.15) is 4.98 Å².